The molecule has 0 aliphatic carbocycles. The molecule has 0 unspecified atom stereocenters. The molecule has 0 spiro atoms. The van der Waals surface area contributed by atoms with Crippen molar-refractivity contribution in [2.45, 2.75) is 13.0 Å². The lowest BCUT2D eigenvalue weighted by Gasteiger charge is -2.31. The molecular weight excluding hydrogens is 248 g/mol. The summed E-state index contributed by atoms with van der Waals surface area (Å²) in [5, 5.41) is 8.21. The zero-order valence-electron chi connectivity index (χ0n) is 11.5. The Morgan fingerprint density at radius 1 is 1.40 bits per heavy atom. The van der Waals surface area contributed by atoms with Gasteiger partial charge in [-0.25, -0.2) is 0 Å². The van der Waals surface area contributed by atoms with Gasteiger partial charge in [-0.05, 0) is 24.1 Å². The Bertz CT molecular complexity index is 582. The Morgan fingerprint density at radius 3 is 2.70 bits per heavy atom. The maximum absolute atomic E-state index is 11.1. The largest absolute Gasteiger partial charge is 0.357 e. The van der Waals surface area contributed by atoms with Crippen molar-refractivity contribution in [2.75, 3.05) is 6.54 Å². The third kappa shape index (κ3) is 2.94. The molecule has 0 aromatic heterocycles. The summed E-state index contributed by atoms with van der Waals surface area (Å²) in [4.78, 5) is 13.0. The molecule has 1 atom stereocenters. The molecule has 1 aromatic rings. The van der Waals surface area contributed by atoms with Crippen LogP contribution in [-0.4, -0.2) is 29.5 Å². The summed E-state index contributed by atoms with van der Waals surface area (Å²) in [6, 6.07) is 7.81. The van der Waals surface area contributed by atoms with Crippen molar-refractivity contribution < 1.29 is 4.79 Å². The highest BCUT2D eigenvalue weighted by Crippen LogP contribution is 2.16. The van der Waals surface area contributed by atoms with Gasteiger partial charge in [0.2, 0.25) is 0 Å². The van der Waals surface area contributed by atoms with E-state index in [1.54, 1.807) is 12.2 Å². The minimum Gasteiger partial charge on any atom is -0.357 e. The van der Waals surface area contributed by atoms with Crippen molar-refractivity contribution >= 4 is 18.1 Å². The molecule has 20 heavy (non-hydrogen) atoms. The van der Waals surface area contributed by atoms with E-state index in [1.165, 1.54) is 0 Å². The normalized spacial score (nSPS) is 17.6. The monoisotopic (exact) mass is 266 g/mol. The summed E-state index contributed by atoms with van der Waals surface area (Å²) in [7, 11) is 0. The van der Waals surface area contributed by atoms with Crippen molar-refractivity contribution in [1.29, 1.82) is 5.41 Å². The van der Waals surface area contributed by atoms with E-state index < -0.39 is 0 Å². The van der Waals surface area contributed by atoms with Crippen LogP contribution in [0.4, 0.5) is 0 Å². The van der Waals surface area contributed by atoms with Gasteiger partial charge < -0.3 is 10.3 Å². The first-order chi connectivity index (χ1) is 9.65. The second-order valence-electron chi connectivity index (χ2n) is 4.77. The Hall–Kier alpha value is -2.42. The SMILES string of the molecule is C=Cc1ccc(C(=N)CN2C(C=O)=CC=C[C@H]2C)cc1. The van der Waals surface area contributed by atoms with E-state index in [2.05, 4.69) is 6.58 Å². The average molecular weight is 266 g/mol. The highest BCUT2D eigenvalue weighted by Gasteiger charge is 2.18. The van der Waals surface area contributed by atoms with E-state index in [-0.39, 0.29) is 6.04 Å². The first kappa shape index (κ1) is 14.0. The van der Waals surface area contributed by atoms with E-state index in [0.717, 1.165) is 17.4 Å². The Morgan fingerprint density at radius 2 is 2.10 bits per heavy atom. The molecule has 2 rings (SSSR count). The van der Waals surface area contributed by atoms with Crippen molar-refractivity contribution in [1.82, 2.24) is 4.90 Å². The van der Waals surface area contributed by atoms with Gasteiger partial charge in [0, 0.05) is 6.04 Å². The van der Waals surface area contributed by atoms with E-state index in [4.69, 9.17) is 5.41 Å². The number of allylic oxidation sites excluding steroid dienone is 3. The van der Waals surface area contributed by atoms with Crippen LogP contribution in [0.1, 0.15) is 18.1 Å². The number of nitrogens with one attached hydrogen (secondary N) is 1. The smallest absolute Gasteiger partial charge is 0.166 e. The van der Waals surface area contributed by atoms with Gasteiger partial charge in [-0.15, -0.1) is 0 Å². The van der Waals surface area contributed by atoms with Crippen LogP contribution in [0.25, 0.3) is 6.08 Å². The maximum Gasteiger partial charge on any atom is 0.166 e. The lowest BCUT2D eigenvalue weighted by Crippen LogP contribution is -2.37. The minimum absolute atomic E-state index is 0.119. The summed E-state index contributed by atoms with van der Waals surface area (Å²) in [5.41, 5.74) is 3.01. The van der Waals surface area contributed by atoms with Crippen LogP contribution in [0.5, 0.6) is 0 Å². The maximum atomic E-state index is 11.1. The third-order valence-corrected chi connectivity index (χ3v) is 3.42. The molecule has 0 amide bonds. The Balaban J connectivity index is 2.13. The first-order valence-corrected chi connectivity index (χ1v) is 6.56. The molecule has 0 fully saturated rings. The van der Waals surface area contributed by atoms with Gasteiger partial charge in [-0.1, -0.05) is 49.1 Å². The van der Waals surface area contributed by atoms with Gasteiger partial charge in [0.05, 0.1) is 18.0 Å². The summed E-state index contributed by atoms with van der Waals surface area (Å²) in [5.74, 6) is 0. The fraction of sp³-hybridized carbons (Fsp3) is 0.176. The molecule has 3 heteroatoms. The standard InChI is InChI=1S/C17H18N2O/c1-3-14-7-9-15(10-8-14)17(18)11-19-13(2)5-4-6-16(19)12-20/h3-10,12-13,18H,1,11H2,2H3/t13-/m1/s1. The highest BCUT2D eigenvalue weighted by atomic mass is 16.1. The fourth-order valence-electron chi connectivity index (χ4n) is 2.17. The van der Waals surface area contributed by atoms with Crippen LogP contribution in [0.15, 0.2) is 54.8 Å². The quantitative estimate of drug-likeness (QED) is 0.657. The Labute approximate surface area is 119 Å². The molecular formula is C17H18N2O. The third-order valence-electron chi connectivity index (χ3n) is 3.42. The molecule has 1 aliphatic heterocycles. The number of carbonyl (C=O) groups excluding carboxylic acids is 1. The molecule has 102 valence electrons. The predicted octanol–water partition coefficient (Wildman–Crippen LogP) is 3.04. The minimum atomic E-state index is 0.119. The van der Waals surface area contributed by atoms with Crippen molar-refractivity contribution in [3.63, 3.8) is 0 Å². The summed E-state index contributed by atoms with van der Waals surface area (Å²) in [6.45, 7) is 6.15. The lowest BCUT2D eigenvalue weighted by molar-refractivity contribution is -0.106. The summed E-state index contributed by atoms with van der Waals surface area (Å²) >= 11 is 0. The van der Waals surface area contributed by atoms with Crippen molar-refractivity contribution in [3.05, 3.63) is 65.9 Å². The Kier molecular flexibility index (Phi) is 4.31. The predicted molar refractivity (Wildman–Crippen MR) is 82.8 cm³/mol. The average Bonchev–Trinajstić information content (AvgIpc) is 2.49. The zero-order valence-corrected chi connectivity index (χ0v) is 11.5. The van der Waals surface area contributed by atoms with Gasteiger partial charge in [0.15, 0.2) is 6.29 Å². The van der Waals surface area contributed by atoms with Crippen LogP contribution < -0.4 is 0 Å². The van der Waals surface area contributed by atoms with Gasteiger partial charge in [-0.2, -0.15) is 0 Å². The van der Waals surface area contributed by atoms with Crippen LogP contribution in [0, 0.1) is 5.41 Å². The second-order valence-corrected chi connectivity index (χ2v) is 4.77. The summed E-state index contributed by atoms with van der Waals surface area (Å²) in [6.07, 6.45) is 8.29. The van der Waals surface area contributed by atoms with Gasteiger partial charge in [0.25, 0.3) is 0 Å². The van der Waals surface area contributed by atoms with E-state index in [1.807, 2.05) is 48.2 Å². The van der Waals surface area contributed by atoms with Crippen molar-refractivity contribution in [2.24, 2.45) is 0 Å². The molecule has 0 radical (unpaired) electrons. The van der Waals surface area contributed by atoms with Gasteiger partial charge >= 0.3 is 0 Å². The number of hydrogen-bond acceptors (Lipinski definition) is 3. The number of hydrogen-bond donors (Lipinski definition) is 1. The molecule has 1 aromatic carbocycles. The molecule has 0 bridgehead atoms. The fourth-order valence-corrected chi connectivity index (χ4v) is 2.17. The van der Waals surface area contributed by atoms with Crippen LogP contribution in [0.3, 0.4) is 0 Å². The van der Waals surface area contributed by atoms with E-state index in [9.17, 15) is 4.79 Å². The number of aldehydes is 1. The first-order valence-electron chi connectivity index (χ1n) is 6.56. The number of nitrogens with zero attached hydrogens (tertiary/aromatic N) is 1. The van der Waals surface area contributed by atoms with Gasteiger partial charge in [-0.3, -0.25) is 4.79 Å². The number of rotatable bonds is 5. The lowest BCUT2D eigenvalue weighted by atomic mass is 10.1. The van der Waals surface area contributed by atoms with Crippen LogP contribution in [0.2, 0.25) is 0 Å². The molecule has 3 nitrogen and oxygen atoms in total. The van der Waals surface area contributed by atoms with Gasteiger partial charge in [0.1, 0.15) is 0 Å². The van der Waals surface area contributed by atoms with Crippen molar-refractivity contribution in [3.8, 4) is 0 Å². The molecule has 1 aliphatic rings. The van der Waals surface area contributed by atoms with E-state index >= 15 is 0 Å². The zero-order chi connectivity index (χ0) is 14.5. The highest BCUT2D eigenvalue weighted by molar-refractivity contribution is 6.00. The molecule has 1 N–H and O–H groups in total. The molecule has 1 heterocycles. The van der Waals surface area contributed by atoms with Crippen LogP contribution in [-0.2, 0) is 4.79 Å². The molecule has 0 saturated carbocycles. The molecule has 0 saturated heterocycles. The second kappa shape index (κ2) is 6.15. The topological polar surface area (TPSA) is 44.2 Å². The number of carbonyl (C=O) groups is 1. The van der Waals surface area contributed by atoms with E-state index in [0.29, 0.717) is 18.0 Å². The number of benzene rings is 1. The summed E-state index contributed by atoms with van der Waals surface area (Å²) < 4.78 is 0. The van der Waals surface area contributed by atoms with Crippen LogP contribution >= 0.6 is 0 Å².